The number of carbonyl (C=O) groups is 2. The van der Waals surface area contributed by atoms with Crippen LogP contribution in [0.4, 0.5) is 0 Å². The van der Waals surface area contributed by atoms with Gasteiger partial charge in [-0.3, -0.25) is 4.98 Å². The standard InChI is InChI=1S/C22H22N2O4/c1-3-16-19(21(25)26)18(20(22(27)28)17(4-2)24-16)14-8-5-7-13(11-14)15-9-6-10-23-12-15/h5-12,18,24H,3-4H2,1-2H3,(H,25,26)(H,27,28). The normalized spacial score (nSPS) is 14.8. The van der Waals surface area contributed by atoms with Gasteiger partial charge in [-0.25, -0.2) is 9.59 Å². The topological polar surface area (TPSA) is 99.5 Å². The summed E-state index contributed by atoms with van der Waals surface area (Å²) in [7, 11) is 0. The number of hydrogen-bond donors (Lipinski definition) is 3. The summed E-state index contributed by atoms with van der Waals surface area (Å²) < 4.78 is 0. The van der Waals surface area contributed by atoms with E-state index in [1.807, 2.05) is 44.2 Å². The molecule has 2 heterocycles. The Bertz CT molecular complexity index is 939. The molecular formula is C22H22N2O4. The zero-order valence-electron chi connectivity index (χ0n) is 15.8. The lowest BCUT2D eigenvalue weighted by Gasteiger charge is -2.31. The van der Waals surface area contributed by atoms with Crippen molar-refractivity contribution >= 4 is 11.9 Å². The van der Waals surface area contributed by atoms with Gasteiger partial charge in [0.15, 0.2) is 0 Å². The van der Waals surface area contributed by atoms with Crippen molar-refractivity contribution in [2.45, 2.75) is 32.6 Å². The molecule has 0 saturated heterocycles. The minimum absolute atomic E-state index is 0.0837. The summed E-state index contributed by atoms with van der Waals surface area (Å²) in [6.07, 6.45) is 4.34. The van der Waals surface area contributed by atoms with Gasteiger partial charge in [-0.1, -0.05) is 44.2 Å². The van der Waals surface area contributed by atoms with Gasteiger partial charge in [-0.2, -0.15) is 0 Å². The molecule has 0 aliphatic carbocycles. The fraction of sp³-hybridized carbons (Fsp3) is 0.227. The summed E-state index contributed by atoms with van der Waals surface area (Å²) in [6, 6.07) is 11.1. The average Bonchev–Trinajstić information content (AvgIpc) is 2.72. The summed E-state index contributed by atoms with van der Waals surface area (Å²) >= 11 is 0. The zero-order chi connectivity index (χ0) is 20.3. The molecule has 0 spiro atoms. The molecule has 6 nitrogen and oxygen atoms in total. The van der Waals surface area contributed by atoms with Crippen LogP contribution in [-0.4, -0.2) is 27.1 Å². The van der Waals surface area contributed by atoms with Gasteiger partial charge in [0.1, 0.15) is 0 Å². The first kappa shape index (κ1) is 19.4. The molecule has 0 bridgehead atoms. The van der Waals surface area contributed by atoms with E-state index >= 15 is 0 Å². The highest BCUT2D eigenvalue weighted by Gasteiger charge is 2.37. The van der Waals surface area contributed by atoms with E-state index in [0.717, 1.165) is 11.1 Å². The predicted molar refractivity (Wildman–Crippen MR) is 105 cm³/mol. The van der Waals surface area contributed by atoms with E-state index < -0.39 is 17.9 Å². The Morgan fingerprint density at radius 2 is 1.57 bits per heavy atom. The Hall–Kier alpha value is -3.41. The van der Waals surface area contributed by atoms with Gasteiger partial charge >= 0.3 is 11.9 Å². The van der Waals surface area contributed by atoms with Crippen LogP contribution in [0.25, 0.3) is 11.1 Å². The van der Waals surface area contributed by atoms with Crippen LogP contribution in [0.1, 0.15) is 38.2 Å². The van der Waals surface area contributed by atoms with E-state index in [9.17, 15) is 19.8 Å². The lowest BCUT2D eigenvalue weighted by Crippen LogP contribution is -2.32. The largest absolute Gasteiger partial charge is 0.478 e. The van der Waals surface area contributed by atoms with Gasteiger partial charge in [-0.05, 0) is 35.6 Å². The van der Waals surface area contributed by atoms with Crippen molar-refractivity contribution in [3.8, 4) is 11.1 Å². The number of allylic oxidation sites excluding steroid dienone is 2. The number of pyridine rings is 1. The smallest absolute Gasteiger partial charge is 0.334 e. The van der Waals surface area contributed by atoms with E-state index in [-0.39, 0.29) is 11.1 Å². The van der Waals surface area contributed by atoms with Crippen molar-refractivity contribution in [1.82, 2.24) is 10.3 Å². The van der Waals surface area contributed by atoms with Crippen LogP contribution in [0.5, 0.6) is 0 Å². The van der Waals surface area contributed by atoms with Crippen LogP contribution in [0.15, 0.2) is 71.3 Å². The van der Waals surface area contributed by atoms with Crippen molar-refractivity contribution in [3.63, 3.8) is 0 Å². The van der Waals surface area contributed by atoms with Crippen molar-refractivity contribution in [2.24, 2.45) is 0 Å². The summed E-state index contributed by atoms with van der Waals surface area (Å²) in [5.41, 5.74) is 3.63. The van der Waals surface area contributed by atoms with Crippen LogP contribution in [0.3, 0.4) is 0 Å². The van der Waals surface area contributed by atoms with Crippen molar-refractivity contribution in [1.29, 1.82) is 0 Å². The summed E-state index contributed by atoms with van der Waals surface area (Å²) in [5, 5.41) is 22.8. The lowest BCUT2D eigenvalue weighted by atomic mass is 9.78. The van der Waals surface area contributed by atoms with Gasteiger partial charge in [0.05, 0.1) is 17.1 Å². The van der Waals surface area contributed by atoms with E-state index in [2.05, 4.69) is 10.3 Å². The lowest BCUT2D eigenvalue weighted by molar-refractivity contribution is -0.133. The van der Waals surface area contributed by atoms with Crippen molar-refractivity contribution < 1.29 is 19.8 Å². The Balaban J connectivity index is 2.23. The highest BCUT2D eigenvalue weighted by Crippen LogP contribution is 2.40. The number of nitrogens with zero attached hydrogens (tertiary/aromatic N) is 1. The van der Waals surface area contributed by atoms with E-state index in [1.165, 1.54) is 0 Å². The second-order valence-electron chi connectivity index (χ2n) is 6.53. The third-order valence-electron chi connectivity index (χ3n) is 4.91. The Kier molecular flexibility index (Phi) is 5.59. The molecule has 0 radical (unpaired) electrons. The number of dihydropyridines is 1. The highest BCUT2D eigenvalue weighted by atomic mass is 16.4. The molecule has 1 aliphatic rings. The molecule has 0 unspecified atom stereocenters. The van der Waals surface area contributed by atoms with Crippen molar-refractivity contribution in [3.05, 3.63) is 76.9 Å². The molecule has 0 fully saturated rings. The molecule has 28 heavy (non-hydrogen) atoms. The predicted octanol–water partition coefficient (Wildman–Crippen LogP) is 3.93. The van der Waals surface area contributed by atoms with Gasteiger partial charge in [-0.15, -0.1) is 0 Å². The Morgan fingerprint density at radius 1 is 0.964 bits per heavy atom. The maximum atomic E-state index is 12.1. The van der Waals surface area contributed by atoms with E-state index in [1.54, 1.807) is 18.5 Å². The Morgan fingerprint density at radius 3 is 2.07 bits per heavy atom. The zero-order valence-corrected chi connectivity index (χ0v) is 15.8. The van der Waals surface area contributed by atoms with Crippen LogP contribution in [-0.2, 0) is 9.59 Å². The molecule has 0 atom stereocenters. The SMILES string of the molecule is CCC1=C(C(=O)O)C(c2cccc(-c3cccnc3)c2)C(C(=O)O)=C(CC)N1. The first-order valence-electron chi connectivity index (χ1n) is 9.17. The second kappa shape index (κ2) is 8.08. The first-order chi connectivity index (χ1) is 13.5. The summed E-state index contributed by atoms with van der Waals surface area (Å²) in [5.74, 6) is -3.08. The molecule has 1 aromatic carbocycles. The number of benzene rings is 1. The number of carboxylic acid groups (broad SMARTS) is 2. The first-order valence-corrected chi connectivity index (χ1v) is 9.17. The molecular weight excluding hydrogens is 356 g/mol. The number of nitrogens with one attached hydrogen (secondary N) is 1. The van der Waals surface area contributed by atoms with Crippen LogP contribution >= 0.6 is 0 Å². The fourth-order valence-electron chi connectivity index (χ4n) is 3.64. The second-order valence-corrected chi connectivity index (χ2v) is 6.53. The molecule has 0 saturated carbocycles. The molecule has 3 N–H and O–H groups in total. The summed E-state index contributed by atoms with van der Waals surface area (Å²) in [6.45, 7) is 3.71. The van der Waals surface area contributed by atoms with E-state index in [0.29, 0.717) is 29.8 Å². The third kappa shape index (κ3) is 3.53. The minimum atomic E-state index is -1.12. The molecule has 144 valence electrons. The molecule has 1 aliphatic heterocycles. The van der Waals surface area contributed by atoms with Gasteiger partial charge in [0, 0.05) is 23.8 Å². The maximum absolute atomic E-state index is 12.1. The monoisotopic (exact) mass is 378 g/mol. The molecule has 3 rings (SSSR count). The maximum Gasteiger partial charge on any atom is 0.334 e. The molecule has 1 aromatic heterocycles. The number of rotatable bonds is 6. The molecule has 0 amide bonds. The summed E-state index contributed by atoms with van der Waals surface area (Å²) in [4.78, 5) is 28.3. The third-order valence-corrected chi connectivity index (χ3v) is 4.91. The quantitative estimate of drug-likeness (QED) is 0.704. The van der Waals surface area contributed by atoms with Gasteiger partial charge in [0.2, 0.25) is 0 Å². The average molecular weight is 378 g/mol. The fourth-order valence-corrected chi connectivity index (χ4v) is 3.64. The van der Waals surface area contributed by atoms with Crippen LogP contribution < -0.4 is 5.32 Å². The molecule has 2 aromatic rings. The van der Waals surface area contributed by atoms with Crippen LogP contribution in [0, 0.1) is 0 Å². The van der Waals surface area contributed by atoms with E-state index in [4.69, 9.17) is 0 Å². The van der Waals surface area contributed by atoms with Gasteiger partial charge in [0.25, 0.3) is 0 Å². The highest BCUT2D eigenvalue weighted by molar-refractivity contribution is 5.98. The number of aromatic nitrogens is 1. The van der Waals surface area contributed by atoms with Gasteiger partial charge < -0.3 is 15.5 Å². The number of aliphatic carboxylic acids is 2. The number of carboxylic acids is 2. The van der Waals surface area contributed by atoms with Crippen LogP contribution in [0.2, 0.25) is 0 Å². The Labute approximate surface area is 163 Å². The number of hydrogen-bond acceptors (Lipinski definition) is 4. The van der Waals surface area contributed by atoms with Crippen molar-refractivity contribution in [2.75, 3.05) is 0 Å². The minimum Gasteiger partial charge on any atom is -0.478 e. The molecule has 6 heteroatoms.